The Kier molecular flexibility index (Phi) is 5.27. The van der Waals surface area contributed by atoms with Crippen LogP contribution in [-0.4, -0.2) is 46.8 Å². The van der Waals surface area contributed by atoms with Crippen molar-refractivity contribution in [3.63, 3.8) is 0 Å². The number of amides is 3. The number of benzene rings is 2. The summed E-state index contributed by atoms with van der Waals surface area (Å²) >= 11 is 0. The van der Waals surface area contributed by atoms with Crippen LogP contribution in [0.5, 0.6) is 0 Å². The number of carbonyl (C=O) groups excluding carboxylic acids is 2. The lowest BCUT2D eigenvalue weighted by atomic mass is 10.1. The summed E-state index contributed by atoms with van der Waals surface area (Å²) in [4.78, 5) is 28.4. The average Bonchev–Trinajstić information content (AvgIpc) is 3.37. The Balaban J connectivity index is 1.51. The first-order valence-electron chi connectivity index (χ1n) is 9.95. The number of carbonyl (C=O) groups is 2. The van der Waals surface area contributed by atoms with Crippen LogP contribution < -0.4 is 10.2 Å². The normalized spacial score (nSPS) is 13.4. The molecule has 1 aliphatic heterocycles. The van der Waals surface area contributed by atoms with E-state index in [1.54, 1.807) is 29.1 Å². The molecule has 30 heavy (non-hydrogen) atoms. The minimum Gasteiger partial charge on any atom is -0.337 e. The molecule has 1 aliphatic rings. The van der Waals surface area contributed by atoms with Gasteiger partial charge >= 0.3 is 6.03 Å². The smallest absolute Gasteiger partial charge is 0.322 e. The molecule has 0 aliphatic carbocycles. The fraction of sp³-hybridized carbons (Fsp3) is 0.261. The molecule has 3 aromatic rings. The lowest BCUT2D eigenvalue weighted by Gasteiger charge is -2.20. The van der Waals surface area contributed by atoms with Crippen LogP contribution in [0.3, 0.4) is 0 Å². The zero-order valence-electron chi connectivity index (χ0n) is 17.4. The quantitative estimate of drug-likeness (QED) is 0.711. The van der Waals surface area contributed by atoms with Gasteiger partial charge < -0.3 is 10.2 Å². The van der Waals surface area contributed by atoms with Crippen LogP contribution in [0.15, 0.2) is 54.9 Å². The number of para-hydroxylation sites is 1. The van der Waals surface area contributed by atoms with E-state index in [0.29, 0.717) is 25.2 Å². The highest BCUT2D eigenvalue weighted by Crippen LogP contribution is 2.24. The van der Waals surface area contributed by atoms with E-state index in [2.05, 4.69) is 10.4 Å². The molecule has 3 amide bonds. The minimum absolute atomic E-state index is 0.0977. The minimum atomic E-state index is -0.125. The van der Waals surface area contributed by atoms with Crippen LogP contribution in [-0.2, 0) is 6.54 Å². The van der Waals surface area contributed by atoms with E-state index in [9.17, 15) is 9.59 Å². The summed E-state index contributed by atoms with van der Waals surface area (Å²) < 4.78 is 1.83. The predicted octanol–water partition coefficient (Wildman–Crippen LogP) is 3.29. The van der Waals surface area contributed by atoms with Gasteiger partial charge in [-0.3, -0.25) is 9.69 Å². The summed E-state index contributed by atoms with van der Waals surface area (Å²) in [6, 6.07) is 13.4. The van der Waals surface area contributed by atoms with Crippen LogP contribution >= 0.6 is 0 Å². The third-order valence-corrected chi connectivity index (χ3v) is 5.37. The number of nitrogens with one attached hydrogen (secondary N) is 1. The molecule has 1 N–H and O–H groups in total. The SMILES string of the molecule is Cc1ccc(C(=O)N(C)Cc2cnn(-c3ccccc3C)c2)cc1N1CCNC1=O. The van der Waals surface area contributed by atoms with Crippen molar-refractivity contribution in [1.82, 2.24) is 20.0 Å². The fourth-order valence-electron chi connectivity index (χ4n) is 3.69. The van der Waals surface area contributed by atoms with Gasteiger partial charge in [0, 0.05) is 49.7 Å². The van der Waals surface area contributed by atoms with Gasteiger partial charge in [-0.1, -0.05) is 24.3 Å². The zero-order chi connectivity index (χ0) is 21.3. The van der Waals surface area contributed by atoms with Gasteiger partial charge in [-0.05, 0) is 43.2 Å². The first-order chi connectivity index (χ1) is 14.4. The number of aryl methyl sites for hydroxylation is 2. The second kappa shape index (κ2) is 8.02. The molecule has 7 nitrogen and oxygen atoms in total. The van der Waals surface area contributed by atoms with Crippen molar-refractivity contribution in [3.05, 3.63) is 77.1 Å². The second-order valence-electron chi connectivity index (χ2n) is 7.63. The summed E-state index contributed by atoms with van der Waals surface area (Å²) in [6.45, 7) is 5.64. The number of urea groups is 1. The van der Waals surface area contributed by atoms with Gasteiger partial charge in [-0.15, -0.1) is 0 Å². The van der Waals surface area contributed by atoms with Crippen molar-refractivity contribution in [3.8, 4) is 5.69 Å². The van der Waals surface area contributed by atoms with Crippen LogP contribution in [0.4, 0.5) is 10.5 Å². The largest absolute Gasteiger partial charge is 0.337 e. The molecule has 4 rings (SSSR count). The van der Waals surface area contributed by atoms with Crippen molar-refractivity contribution in [2.24, 2.45) is 0 Å². The lowest BCUT2D eigenvalue weighted by Crippen LogP contribution is -2.29. The highest BCUT2D eigenvalue weighted by molar-refractivity contribution is 5.99. The Hall–Kier alpha value is -3.61. The average molecular weight is 403 g/mol. The maximum absolute atomic E-state index is 13.0. The molecule has 0 unspecified atom stereocenters. The van der Waals surface area contributed by atoms with Crippen LogP contribution in [0.25, 0.3) is 5.69 Å². The second-order valence-corrected chi connectivity index (χ2v) is 7.63. The Morgan fingerprint density at radius 1 is 1.13 bits per heavy atom. The van der Waals surface area contributed by atoms with Gasteiger partial charge in [0.25, 0.3) is 5.91 Å². The zero-order valence-corrected chi connectivity index (χ0v) is 17.4. The third-order valence-electron chi connectivity index (χ3n) is 5.37. The van der Waals surface area contributed by atoms with Gasteiger partial charge in [0.1, 0.15) is 0 Å². The van der Waals surface area contributed by atoms with Gasteiger partial charge in [0.15, 0.2) is 0 Å². The summed E-state index contributed by atoms with van der Waals surface area (Å²) in [6.07, 6.45) is 3.73. The molecule has 7 heteroatoms. The standard InChI is InChI=1S/C23H25N5O2/c1-16-6-4-5-7-20(16)28-15-18(13-25-28)14-26(3)22(29)19-9-8-17(2)21(12-19)27-11-10-24-23(27)30/h4-9,12-13,15H,10-11,14H2,1-3H3,(H,24,30). The number of hydrogen-bond acceptors (Lipinski definition) is 3. The van der Waals surface area contributed by atoms with E-state index in [1.807, 2.05) is 61.1 Å². The van der Waals surface area contributed by atoms with E-state index in [-0.39, 0.29) is 11.9 Å². The molecule has 0 atom stereocenters. The molecule has 2 heterocycles. The van der Waals surface area contributed by atoms with Gasteiger partial charge in [0.2, 0.25) is 0 Å². The molecule has 1 aromatic heterocycles. The Morgan fingerprint density at radius 2 is 1.90 bits per heavy atom. The maximum Gasteiger partial charge on any atom is 0.322 e. The molecule has 2 aromatic carbocycles. The Labute approximate surface area is 175 Å². The molecule has 154 valence electrons. The van der Waals surface area contributed by atoms with Crippen LogP contribution in [0.1, 0.15) is 27.0 Å². The Morgan fingerprint density at radius 3 is 2.63 bits per heavy atom. The van der Waals surface area contributed by atoms with Crippen molar-refractivity contribution >= 4 is 17.6 Å². The number of rotatable bonds is 5. The maximum atomic E-state index is 13.0. The van der Waals surface area contributed by atoms with Crippen molar-refractivity contribution in [2.45, 2.75) is 20.4 Å². The van der Waals surface area contributed by atoms with E-state index in [0.717, 1.165) is 28.1 Å². The topological polar surface area (TPSA) is 70.5 Å². The number of nitrogens with zero attached hydrogens (tertiary/aromatic N) is 4. The molecular weight excluding hydrogens is 378 g/mol. The van der Waals surface area contributed by atoms with E-state index < -0.39 is 0 Å². The molecule has 0 radical (unpaired) electrons. The third kappa shape index (κ3) is 3.78. The molecule has 0 saturated carbocycles. The molecule has 0 bridgehead atoms. The molecule has 0 spiro atoms. The highest BCUT2D eigenvalue weighted by atomic mass is 16.2. The predicted molar refractivity (Wildman–Crippen MR) is 116 cm³/mol. The van der Waals surface area contributed by atoms with E-state index in [1.165, 1.54) is 0 Å². The number of aromatic nitrogens is 2. The van der Waals surface area contributed by atoms with Crippen LogP contribution in [0.2, 0.25) is 0 Å². The molecule has 1 fully saturated rings. The summed E-state index contributed by atoms with van der Waals surface area (Å²) in [7, 11) is 1.77. The van der Waals surface area contributed by atoms with E-state index in [4.69, 9.17) is 0 Å². The Bertz CT molecular complexity index is 1100. The summed E-state index contributed by atoms with van der Waals surface area (Å²) in [5.74, 6) is -0.0977. The van der Waals surface area contributed by atoms with Crippen molar-refractivity contribution < 1.29 is 9.59 Å². The first-order valence-corrected chi connectivity index (χ1v) is 9.95. The van der Waals surface area contributed by atoms with Gasteiger partial charge in [0.05, 0.1) is 11.9 Å². The van der Waals surface area contributed by atoms with Gasteiger partial charge in [-0.2, -0.15) is 5.10 Å². The van der Waals surface area contributed by atoms with Gasteiger partial charge in [-0.25, -0.2) is 9.48 Å². The molecular formula is C23H25N5O2. The van der Waals surface area contributed by atoms with Crippen molar-refractivity contribution in [2.75, 3.05) is 25.0 Å². The fourth-order valence-corrected chi connectivity index (χ4v) is 3.69. The number of anilines is 1. The highest BCUT2D eigenvalue weighted by Gasteiger charge is 2.24. The lowest BCUT2D eigenvalue weighted by molar-refractivity contribution is 0.0785. The number of hydrogen-bond donors (Lipinski definition) is 1. The monoisotopic (exact) mass is 403 g/mol. The summed E-state index contributed by atoms with van der Waals surface area (Å²) in [5, 5.41) is 7.25. The van der Waals surface area contributed by atoms with Crippen molar-refractivity contribution in [1.29, 1.82) is 0 Å². The molecule has 1 saturated heterocycles. The first kappa shape index (κ1) is 19.7. The summed E-state index contributed by atoms with van der Waals surface area (Å²) in [5.41, 5.74) is 5.39. The van der Waals surface area contributed by atoms with E-state index >= 15 is 0 Å². The van der Waals surface area contributed by atoms with Crippen LogP contribution in [0, 0.1) is 13.8 Å².